The molecule has 0 aromatic heterocycles. The lowest BCUT2D eigenvalue weighted by Crippen LogP contribution is -2.37. The summed E-state index contributed by atoms with van der Waals surface area (Å²) in [6, 6.07) is 0. The molecule has 0 radical (unpaired) electrons. The van der Waals surface area contributed by atoms with Gasteiger partial charge in [-0.3, -0.25) is 5.26 Å². The summed E-state index contributed by atoms with van der Waals surface area (Å²) in [5, 5.41) is 17.8. The average molecular weight is 160 g/mol. The predicted molar refractivity (Wildman–Crippen MR) is 43.2 cm³/mol. The maximum absolute atomic E-state index is 9.49. The van der Waals surface area contributed by atoms with E-state index in [1.54, 1.807) is 0 Å². The molecule has 0 aliphatic rings. The average Bonchev–Trinajstić information content (AvgIpc) is 1.88. The fourth-order valence-electron chi connectivity index (χ4n) is 0.722. The van der Waals surface area contributed by atoms with E-state index in [0.29, 0.717) is 0 Å². The third-order valence-electron chi connectivity index (χ3n) is 1.55. The van der Waals surface area contributed by atoms with Crippen LogP contribution in [0.4, 0.5) is 0 Å². The summed E-state index contributed by atoms with van der Waals surface area (Å²) in [5.74, 6) is 0. The van der Waals surface area contributed by atoms with E-state index >= 15 is 0 Å². The Labute approximate surface area is 67.2 Å². The summed E-state index contributed by atoms with van der Waals surface area (Å²) in [4.78, 5) is 4.02. The maximum Gasteiger partial charge on any atom is 0.137 e. The van der Waals surface area contributed by atoms with E-state index in [-0.39, 0.29) is 5.41 Å². The van der Waals surface area contributed by atoms with Gasteiger partial charge in [0.15, 0.2) is 0 Å². The van der Waals surface area contributed by atoms with Gasteiger partial charge in [-0.2, -0.15) is 0 Å². The van der Waals surface area contributed by atoms with Crippen molar-refractivity contribution in [2.45, 2.75) is 33.0 Å². The predicted octanol–water partition coefficient (Wildman–Crippen LogP) is 1.44. The van der Waals surface area contributed by atoms with Gasteiger partial charge in [0.25, 0.3) is 0 Å². The highest BCUT2D eigenvalue weighted by Crippen LogP contribution is 2.23. The van der Waals surface area contributed by atoms with Crippen molar-refractivity contribution in [3.8, 4) is 0 Å². The fourth-order valence-corrected chi connectivity index (χ4v) is 0.722. The summed E-state index contributed by atoms with van der Waals surface area (Å²) in [6.07, 6.45) is -0.0874. The van der Waals surface area contributed by atoms with Crippen molar-refractivity contribution in [1.29, 1.82) is 0 Å². The van der Waals surface area contributed by atoms with Crippen molar-refractivity contribution in [3.05, 3.63) is 12.7 Å². The lowest BCUT2D eigenvalue weighted by molar-refractivity contribution is -0.290. The standard InChI is InChI=1S/C8H16O3/c1-5-6(11-10)7(9)8(2,3)4/h5-7,9-10H,1H2,2-4H3/t6-,7-/m1/s1. The lowest BCUT2D eigenvalue weighted by atomic mass is 9.86. The van der Waals surface area contributed by atoms with Crippen LogP contribution in [0.15, 0.2) is 12.7 Å². The highest BCUT2D eigenvalue weighted by molar-refractivity contribution is 4.90. The van der Waals surface area contributed by atoms with E-state index in [2.05, 4.69) is 11.5 Å². The molecule has 11 heavy (non-hydrogen) atoms. The molecule has 0 bridgehead atoms. The van der Waals surface area contributed by atoms with E-state index in [4.69, 9.17) is 5.26 Å². The van der Waals surface area contributed by atoms with E-state index in [1.165, 1.54) is 6.08 Å². The molecule has 66 valence electrons. The van der Waals surface area contributed by atoms with Gasteiger partial charge >= 0.3 is 0 Å². The Morgan fingerprint density at radius 2 is 1.91 bits per heavy atom. The quantitative estimate of drug-likeness (QED) is 0.373. The largest absolute Gasteiger partial charge is 0.389 e. The Hall–Kier alpha value is -0.380. The van der Waals surface area contributed by atoms with Crippen LogP contribution in [0.2, 0.25) is 0 Å². The van der Waals surface area contributed by atoms with Crippen LogP contribution < -0.4 is 0 Å². The van der Waals surface area contributed by atoms with Gasteiger partial charge in [-0.05, 0) is 5.41 Å². The van der Waals surface area contributed by atoms with Gasteiger partial charge in [-0.25, -0.2) is 4.89 Å². The summed E-state index contributed by atoms with van der Waals surface area (Å²) in [7, 11) is 0. The van der Waals surface area contributed by atoms with Crippen LogP contribution in [0.25, 0.3) is 0 Å². The van der Waals surface area contributed by atoms with Crippen LogP contribution in [0, 0.1) is 5.41 Å². The molecular weight excluding hydrogens is 144 g/mol. The highest BCUT2D eigenvalue weighted by atomic mass is 17.1. The molecule has 0 rings (SSSR count). The molecule has 2 N–H and O–H groups in total. The third kappa shape index (κ3) is 3.01. The number of hydrogen-bond acceptors (Lipinski definition) is 3. The molecule has 0 spiro atoms. The molecule has 0 aromatic carbocycles. The van der Waals surface area contributed by atoms with E-state index in [1.807, 2.05) is 20.8 Å². The zero-order valence-corrected chi connectivity index (χ0v) is 7.24. The molecule has 0 saturated carbocycles. The highest BCUT2D eigenvalue weighted by Gasteiger charge is 2.29. The van der Waals surface area contributed by atoms with Crippen LogP contribution in [0.5, 0.6) is 0 Å². The van der Waals surface area contributed by atoms with Gasteiger partial charge in [0.05, 0.1) is 6.10 Å². The minimum atomic E-state index is -0.745. The van der Waals surface area contributed by atoms with Gasteiger partial charge in [0.1, 0.15) is 6.10 Å². The van der Waals surface area contributed by atoms with Crippen molar-refractivity contribution in [3.63, 3.8) is 0 Å². The summed E-state index contributed by atoms with van der Waals surface area (Å²) in [6.45, 7) is 8.98. The topological polar surface area (TPSA) is 49.7 Å². The van der Waals surface area contributed by atoms with Crippen molar-refractivity contribution < 1.29 is 15.3 Å². The molecule has 0 aliphatic heterocycles. The van der Waals surface area contributed by atoms with Crippen molar-refractivity contribution in [1.82, 2.24) is 0 Å². The Morgan fingerprint density at radius 1 is 1.45 bits per heavy atom. The minimum Gasteiger partial charge on any atom is -0.389 e. The Balaban J connectivity index is 4.20. The van der Waals surface area contributed by atoms with Gasteiger partial charge in [0, 0.05) is 0 Å². The molecule has 0 saturated heterocycles. The molecule has 0 fully saturated rings. The molecular formula is C8H16O3. The SMILES string of the molecule is C=C[C@@H](OO)[C@@H](O)C(C)(C)C. The second-order valence-electron chi connectivity index (χ2n) is 3.62. The zero-order valence-electron chi connectivity index (χ0n) is 7.24. The molecule has 0 amide bonds. The molecule has 3 heteroatoms. The van der Waals surface area contributed by atoms with E-state index in [0.717, 1.165) is 0 Å². The van der Waals surface area contributed by atoms with Crippen LogP contribution in [-0.4, -0.2) is 22.6 Å². The first-order valence-electron chi connectivity index (χ1n) is 3.54. The van der Waals surface area contributed by atoms with E-state index < -0.39 is 12.2 Å². The first-order valence-corrected chi connectivity index (χ1v) is 3.54. The first kappa shape index (κ1) is 10.6. The Bertz CT molecular complexity index is 126. The van der Waals surface area contributed by atoms with Crippen LogP contribution in [0.3, 0.4) is 0 Å². The summed E-state index contributed by atoms with van der Waals surface area (Å²) < 4.78 is 0. The maximum atomic E-state index is 9.49. The Morgan fingerprint density at radius 3 is 2.00 bits per heavy atom. The number of rotatable bonds is 3. The minimum absolute atomic E-state index is 0.318. The molecule has 2 atom stereocenters. The van der Waals surface area contributed by atoms with Crippen LogP contribution >= 0.6 is 0 Å². The molecule has 0 aliphatic carbocycles. The number of aliphatic hydroxyl groups is 1. The van der Waals surface area contributed by atoms with Gasteiger partial charge in [0.2, 0.25) is 0 Å². The number of aliphatic hydroxyl groups excluding tert-OH is 1. The normalized spacial score (nSPS) is 17.5. The Kier molecular flexibility index (Phi) is 3.72. The lowest BCUT2D eigenvalue weighted by Gasteiger charge is -2.29. The number of hydrogen-bond donors (Lipinski definition) is 2. The van der Waals surface area contributed by atoms with Crippen molar-refractivity contribution >= 4 is 0 Å². The summed E-state index contributed by atoms with van der Waals surface area (Å²) in [5.41, 5.74) is -0.318. The van der Waals surface area contributed by atoms with E-state index in [9.17, 15) is 5.11 Å². The van der Waals surface area contributed by atoms with Crippen LogP contribution in [0.1, 0.15) is 20.8 Å². The monoisotopic (exact) mass is 160 g/mol. The molecule has 0 heterocycles. The van der Waals surface area contributed by atoms with Gasteiger partial charge in [-0.15, -0.1) is 6.58 Å². The second kappa shape index (κ2) is 3.85. The smallest absolute Gasteiger partial charge is 0.137 e. The van der Waals surface area contributed by atoms with Crippen molar-refractivity contribution in [2.24, 2.45) is 5.41 Å². The fraction of sp³-hybridized carbons (Fsp3) is 0.750. The molecule has 3 nitrogen and oxygen atoms in total. The summed E-state index contributed by atoms with van der Waals surface area (Å²) >= 11 is 0. The van der Waals surface area contributed by atoms with Crippen LogP contribution in [-0.2, 0) is 4.89 Å². The molecule has 0 unspecified atom stereocenters. The first-order chi connectivity index (χ1) is 4.93. The molecule has 0 aromatic rings. The van der Waals surface area contributed by atoms with Crippen molar-refractivity contribution in [2.75, 3.05) is 0 Å². The zero-order chi connectivity index (χ0) is 9.07. The van der Waals surface area contributed by atoms with Gasteiger partial charge in [-0.1, -0.05) is 26.8 Å². The second-order valence-corrected chi connectivity index (χ2v) is 3.62. The third-order valence-corrected chi connectivity index (χ3v) is 1.55. The van der Waals surface area contributed by atoms with Gasteiger partial charge < -0.3 is 5.11 Å².